The van der Waals surface area contributed by atoms with Crippen LogP contribution < -0.4 is 4.90 Å². The molecule has 0 unspecified atom stereocenters. The summed E-state index contributed by atoms with van der Waals surface area (Å²) in [4.78, 5) is 14.3. The van der Waals surface area contributed by atoms with E-state index in [0.717, 1.165) is 35.3 Å². The van der Waals surface area contributed by atoms with Crippen molar-refractivity contribution >= 4 is 28.8 Å². The van der Waals surface area contributed by atoms with Gasteiger partial charge in [-0.05, 0) is 43.6 Å². The minimum atomic E-state index is 0.598. The molecule has 2 fully saturated rings. The van der Waals surface area contributed by atoms with Crippen LogP contribution in [-0.4, -0.2) is 64.9 Å². The first-order valence-corrected chi connectivity index (χ1v) is 10.6. The summed E-state index contributed by atoms with van der Waals surface area (Å²) < 4.78 is 7.86. The monoisotopic (exact) mass is 375 g/mol. The molecular weight excluding hydrogens is 346 g/mol. The predicted molar refractivity (Wildman–Crippen MR) is 107 cm³/mol. The van der Waals surface area contributed by atoms with Gasteiger partial charge >= 0.3 is 0 Å². The van der Waals surface area contributed by atoms with Crippen LogP contribution in [0, 0.1) is 11.8 Å². The zero-order valence-electron chi connectivity index (χ0n) is 15.7. The van der Waals surface area contributed by atoms with Crippen molar-refractivity contribution < 1.29 is 4.74 Å². The van der Waals surface area contributed by atoms with E-state index in [2.05, 4.69) is 49.2 Å². The second-order valence-electron chi connectivity index (χ2n) is 7.66. The summed E-state index contributed by atoms with van der Waals surface area (Å²) in [6, 6.07) is 2.67. The van der Waals surface area contributed by atoms with Crippen LogP contribution in [0.25, 0.3) is 11.0 Å². The van der Waals surface area contributed by atoms with Crippen molar-refractivity contribution in [2.45, 2.75) is 31.7 Å². The first-order valence-electron chi connectivity index (χ1n) is 9.62. The highest BCUT2D eigenvalue weighted by Crippen LogP contribution is 2.37. The van der Waals surface area contributed by atoms with Gasteiger partial charge in [-0.1, -0.05) is 11.9 Å². The van der Waals surface area contributed by atoms with Crippen LogP contribution in [-0.2, 0) is 4.74 Å². The van der Waals surface area contributed by atoms with Crippen LogP contribution in [0.15, 0.2) is 18.6 Å². The molecule has 7 heteroatoms. The lowest BCUT2D eigenvalue weighted by Crippen LogP contribution is -2.44. The summed E-state index contributed by atoms with van der Waals surface area (Å²) in [6.07, 6.45) is 8.67. The van der Waals surface area contributed by atoms with E-state index < -0.39 is 0 Å². The Bertz CT molecular complexity index is 709. The predicted octanol–water partition coefficient (Wildman–Crippen LogP) is 3.18. The number of ether oxygens (including phenoxy) is 1. The number of H-pyrrole nitrogens is 1. The van der Waals surface area contributed by atoms with Crippen molar-refractivity contribution in [1.82, 2.24) is 19.3 Å². The molecule has 26 heavy (non-hydrogen) atoms. The summed E-state index contributed by atoms with van der Waals surface area (Å²) in [5, 5.41) is 1.12. The van der Waals surface area contributed by atoms with Gasteiger partial charge < -0.3 is 14.6 Å². The maximum atomic E-state index is 5.29. The number of nitrogens with zero attached hydrogens (tertiary/aromatic N) is 4. The molecule has 1 saturated carbocycles. The van der Waals surface area contributed by atoms with Crippen molar-refractivity contribution in [3.63, 3.8) is 0 Å². The maximum absolute atomic E-state index is 5.29. The van der Waals surface area contributed by atoms with Crippen molar-refractivity contribution in [3.8, 4) is 0 Å². The topological polar surface area (TPSA) is 57.3 Å². The molecule has 0 bridgehead atoms. The van der Waals surface area contributed by atoms with Crippen LogP contribution in [0.3, 0.4) is 0 Å². The van der Waals surface area contributed by atoms with Gasteiger partial charge in [-0.3, -0.25) is 4.31 Å². The molecule has 0 amide bonds. The molecule has 1 aliphatic carbocycles. The lowest BCUT2D eigenvalue weighted by Gasteiger charge is -2.42. The summed E-state index contributed by atoms with van der Waals surface area (Å²) >= 11 is 2.06. The molecule has 2 aliphatic rings. The van der Waals surface area contributed by atoms with Gasteiger partial charge in [0.05, 0.1) is 5.39 Å². The number of anilines is 1. The molecule has 0 aromatic carbocycles. The summed E-state index contributed by atoms with van der Waals surface area (Å²) in [7, 11) is 3.98. The number of methoxy groups -OCH3 is 1. The third kappa shape index (κ3) is 3.85. The van der Waals surface area contributed by atoms with Gasteiger partial charge in [0.15, 0.2) is 0 Å². The molecule has 4 rings (SSSR count). The van der Waals surface area contributed by atoms with Crippen molar-refractivity contribution in [3.05, 3.63) is 18.6 Å². The van der Waals surface area contributed by atoms with E-state index >= 15 is 0 Å². The van der Waals surface area contributed by atoms with Crippen LogP contribution in [0.2, 0.25) is 0 Å². The van der Waals surface area contributed by atoms with Gasteiger partial charge in [-0.25, -0.2) is 9.97 Å². The van der Waals surface area contributed by atoms with E-state index in [4.69, 9.17) is 4.74 Å². The van der Waals surface area contributed by atoms with E-state index in [1.165, 1.54) is 44.5 Å². The number of rotatable bonds is 7. The fourth-order valence-corrected chi connectivity index (χ4v) is 5.28. The molecule has 1 N–H and O–H groups in total. The number of hydrogen-bond donors (Lipinski definition) is 1. The molecule has 2 aromatic heterocycles. The third-order valence-electron chi connectivity index (χ3n) is 5.89. The van der Waals surface area contributed by atoms with E-state index in [9.17, 15) is 0 Å². The molecule has 0 radical (unpaired) electrons. The van der Waals surface area contributed by atoms with Crippen LogP contribution >= 0.6 is 11.9 Å². The third-order valence-corrected chi connectivity index (χ3v) is 7.25. The quantitative estimate of drug-likeness (QED) is 0.750. The van der Waals surface area contributed by atoms with E-state index in [1.54, 1.807) is 6.33 Å². The first-order chi connectivity index (χ1) is 12.7. The van der Waals surface area contributed by atoms with Crippen molar-refractivity contribution in [2.75, 3.05) is 44.5 Å². The molecule has 2 aromatic rings. The number of nitrogens with one attached hydrogen (secondary N) is 1. The second kappa shape index (κ2) is 8.15. The van der Waals surface area contributed by atoms with E-state index in [0.29, 0.717) is 6.04 Å². The Kier molecular flexibility index (Phi) is 5.66. The highest BCUT2D eigenvalue weighted by molar-refractivity contribution is 7.97. The van der Waals surface area contributed by atoms with Crippen molar-refractivity contribution in [2.24, 2.45) is 11.8 Å². The molecule has 0 atom stereocenters. The van der Waals surface area contributed by atoms with Gasteiger partial charge in [-0.15, -0.1) is 0 Å². The fourth-order valence-electron chi connectivity index (χ4n) is 4.12. The molecule has 0 spiro atoms. The molecule has 1 saturated heterocycles. The highest BCUT2D eigenvalue weighted by Gasteiger charge is 2.34. The zero-order valence-corrected chi connectivity index (χ0v) is 16.5. The number of piperidine rings is 1. The Morgan fingerprint density at radius 2 is 2.08 bits per heavy atom. The molecule has 142 valence electrons. The Morgan fingerprint density at radius 3 is 2.85 bits per heavy atom. The lowest BCUT2D eigenvalue weighted by atomic mass is 9.81. The molecule has 3 heterocycles. The molecule has 6 nitrogen and oxygen atoms in total. The van der Waals surface area contributed by atoms with E-state index in [1.807, 2.05) is 13.3 Å². The summed E-state index contributed by atoms with van der Waals surface area (Å²) in [5.74, 6) is 3.89. The number of aromatic amines is 1. The van der Waals surface area contributed by atoms with Gasteiger partial charge in [0.2, 0.25) is 0 Å². The summed E-state index contributed by atoms with van der Waals surface area (Å²) in [5.41, 5.74) is 0.921. The average molecular weight is 376 g/mol. The largest absolute Gasteiger partial charge is 0.384 e. The minimum absolute atomic E-state index is 0.598. The Hall–Kier alpha value is -1.31. The molecular formula is C19H29N5OS. The number of fused-ring (bicyclic) bond motifs is 1. The highest BCUT2D eigenvalue weighted by atomic mass is 32.2. The Balaban J connectivity index is 1.21. The minimum Gasteiger partial charge on any atom is -0.384 e. The normalized spacial score (nSPS) is 24.7. The molecule has 1 aliphatic heterocycles. The number of hydrogen-bond acceptors (Lipinski definition) is 6. The SMILES string of the molecule is COCC1CCN(SCC2CC(N(C)c3ncnc4[nH]ccc34)C2)CC1. The van der Waals surface area contributed by atoms with Gasteiger partial charge in [0, 0.05) is 51.8 Å². The second-order valence-corrected chi connectivity index (χ2v) is 8.77. The van der Waals surface area contributed by atoms with Crippen LogP contribution in [0.4, 0.5) is 5.82 Å². The Morgan fingerprint density at radius 1 is 1.27 bits per heavy atom. The standard InChI is InChI=1S/C19H29N5OS/c1-23(19-17-3-6-20-18(17)21-13-22-19)16-9-15(10-16)12-26-24-7-4-14(5-8-24)11-25-2/h3,6,13-16H,4-5,7-12H2,1-2H3,(H,20,21,22). The first kappa shape index (κ1) is 18.1. The van der Waals surface area contributed by atoms with Crippen LogP contribution in [0.5, 0.6) is 0 Å². The van der Waals surface area contributed by atoms with Gasteiger partial charge in [0.25, 0.3) is 0 Å². The van der Waals surface area contributed by atoms with Gasteiger partial charge in [-0.2, -0.15) is 0 Å². The summed E-state index contributed by atoms with van der Waals surface area (Å²) in [6.45, 7) is 3.34. The zero-order chi connectivity index (χ0) is 17.9. The smallest absolute Gasteiger partial charge is 0.142 e. The maximum Gasteiger partial charge on any atom is 0.142 e. The lowest BCUT2D eigenvalue weighted by molar-refractivity contribution is 0.123. The van der Waals surface area contributed by atoms with Crippen molar-refractivity contribution in [1.29, 1.82) is 0 Å². The number of aromatic nitrogens is 3. The fraction of sp³-hybridized carbons (Fsp3) is 0.684. The van der Waals surface area contributed by atoms with Gasteiger partial charge in [0.1, 0.15) is 17.8 Å². The van der Waals surface area contributed by atoms with E-state index in [-0.39, 0.29) is 0 Å². The Labute approximate surface area is 159 Å². The van der Waals surface area contributed by atoms with Crippen LogP contribution in [0.1, 0.15) is 25.7 Å². The average Bonchev–Trinajstić information content (AvgIpc) is 3.10.